The Morgan fingerprint density at radius 3 is 2.00 bits per heavy atom. The second-order valence-corrected chi connectivity index (χ2v) is 4.93. The van der Waals surface area contributed by atoms with Crippen LogP contribution in [0.3, 0.4) is 0 Å². The van der Waals surface area contributed by atoms with Crippen LogP contribution in [0.2, 0.25) is 0 Å². The Labute approximate surface area is 83.5 Å². The third-order valence-corrected chi connectivity index (χ3v) is 3.52. The highest BCUT2D eigenvalue weighted by molar-refractivity contribution is 5.04. The molecule has 2 aliphatic rings. The van der Waals surface area contributed by atoms with Crippen molar-refractivity contribution >= 4 is 0 Å². The van der Waals surface area contributed by atoms with Crippen molar-refractivity contribution in [3.05, 3.63) is 0 Å². The molecule has 1 aliphatic carbocycles. The number of likely N-dealkylation sites (tertiary alicyclic amines) is 1. The average molecular weight is 183 g/mol. The van der Waals surface area contributed by atoms with Gasteiger partial charge in [-0.15, -0.1) is 0 Å². The molecule has 1 unspecified atom stereocenters. The van der Waals surface area contributed by atoms with Crippen molar-refractivity contribution in [1.29, 1.82) is 0 Å². The van der Waals surface area contributed by atoms with E-state index < -0.39 is 0 Å². The van der Waals surface area contributed by atoms with E-state index >= 15 is 0 Å². The summed E-state index contributed by atoms with van der Waals surface area (Å²) in [7, 11) is 2.29. The Hall–Kier alpha value is -0.0400. The van der Waals surface area contributed by atoms with E-state index in [2.05, 4.69) is 25.8 Å². The lowest BCUT2D eigenvalue weighted by atomic mass is 9.96. The molecule has 0 N–H and O–H groups in total. The maximum absolute atomic E-state index is 2.57. The molecule has 1 spiro atoms. The van der Waals surface area contributed by atoms with Crippen LogP contribution < -0.4 is 0 Å². The first-order valence-electron chi connectivity index (χ1n) is 5.83. The molecule has 1 saturated carbocycles. The molecule has 0 radical (unpaired) electrons. The van der Waals surface area contributed by atoms with Crippen LogP contribution in [0.1, 0.15) is 47.0 Å². The van der Waals surface area contributed by atoms with Crippen LogP contribution in [0.15, 0.2) is 0 Å². The van der Waals surface area contributed by atoms with Gasteiger partial charge in [0.05, 0.1) is 0 Å². The van der Waals surface area contributed by atoms with Gasteiger partial charge in [0.25, 0.3) is 0 Å². The molecule has 1 heterocycles. The Balaban J connectivity index is 0.000000396. The molecular formula is C12H25N. The van der Waals surface area contributed by atoms with Gasteiger partial charge in [0.2, 0.25) is 0 Å². The predicted octanol–water partition coefficient (Wildman–Crippen LogP) is 3.15. The van der Waals surface area contributed by atoms with E-state index in [-0.39, 0.29) is 0 Å². The van der Waals surface area contributed by atoms with E-state index in [0.717, 1.165) is 17.4 Å². The fourth-order valence-electron chi connectivity index (χ4n) is 2.59. The van der Waals surface area contributed by atoms with Gasteiger partial charge in [-0.3, -0.25) is 0 Å². The van der Waals surface area contributed by atoms with Crippen LogP contribution in [0.4, 0.5) is 0 Å². The van der Waals surface area contributed by atoms with Gasteiger partial charge in [0.1, 0.15) is 0 Å². The molecular weight excluding hydrogens is 158 g/mol. The highest BCUT2D eigenvalue weighted by Crippen LogP contribution is 2.55. The summed E-state index contributed by atoms with van der Waals surface area (Å²) in [5, 5.41) is 0. The Morgan fingerprint density at radius 2 is 1.77 bits per heavy atom. The monoisotopic (exact) mass is 183 g/mol. The molecule has 1 nitrogen and oxygen atoms in total. The lowest BCUT2D eigenvalue weighted by Crippen LogP contribution is -2.29. The largest absolute Gasteiger partial charge is 0.303 e. The summed E-state index contributed by atoms with van der Waals surface area (Å²) in [4.78, 5) is 2.57. The zero-order valence-corrected chi connectivity index (χ0v) is 9.93. The van der Waals surface area contributed by atoms with Crippen LogP contribution >= 0.6 is 0 Å². The van der Waals surface area contributed by atoms with E-state index in [9.17, 15) is 0 Å². The van der Waals surface area contributed by atoms with Crippen molar-refractivity contribution in [2.75, 3.05) is 13.6 Å². The first-order chi connectivity index (χ1) is 6.13. The van der Waals surface area contributed by atoms with Gasteiger partial charge in [-0.1, -0.05) is 27.7 Å². The summed E-state index contributed by atoms with van der Waals surface area (Å²) in [6, 6.07) is 0.873. The van der Waals surface area contributed by atoms with E-state index in [1.165, 1.54) is 25.8 Å². The molecule has 1 saturated heterocycles. The summed E-state index contributed by atoms with van der Waals surface area (Å²) < 4.78 is 0. The Bertz CT molecular complexity index is 159. The first-order valence-corrected chi connectivity index (χ1v) is 5.83. The smallest absolute Gasteiger partial charge is 0.0121 e. The van der Waals surface area contributed by atoms with E-state index in [1.807, 2.05) is 13.8 Å². The van der Waals surface area contributed by atoms with E-state index in [1.54, 1.807) is 0 Å². The van der Waals surface area contributed by atoms with Crippen molar-refractivity contribution in [1.82, 2.24) is 4.90 Å². The third-order valence-electron chi connectivity index (χ3n) is 3.52. The molecule has 0 aromatic carbocycles. The first kappa shape index (κ1) is 11.0. The van der Waals surface area contributed by atoms with Gasteiger partial charge in [0.15, 0.2) is 0 Å². The second-order valence-electron chi connectivity index (χ2n) is 4.93. The fraction of sp³-hybridized carbons (Fsp3) is 1.00. The van der Waals surface area contributed by atoms with Crippen LogP contribution in [0, 0.1) is 11.3 Å². The highest BCUT2D eigenvalue weighted by Gasteiger charge is 2.51. The number of hydrogen-bond donors (Lipinski definition) is 0. The molecule has 1 heteroatoms. The van der Waals surface area contributed by atoms with Gasteiger partial charge in [-0.25, -0.2) is 0 Å². The van der Waals surface area contributed by atoms with Gasteiger partial charge in [-0.2, -0.15) is 0 Å². The van der Waals surface area contributed by atoms with Gasteiger partial charge >= 0.3 is 0 Å². The molecule has 1 atom stereocenters. The van der Waals surface area contributed by atoms with Gasteiger partial charge in [-0.05, 0) is 37.6 Å². The zero-order chi connectivity index (χ0) is 10.1. The molecule has 0 amide bonds. The van der Waals surface area contributed by atoms with Gasteiger partial charge in [0, 0.05) is 12.6 Å². The second kappa shape index (κ2) is 4.00. The molecule has 0 bridgehead atoms. The average Bonchev–Trinajstić information content (AvgIpc) is 2.74. The minimum atomic E-state index is 0.795. The maximum Gasteiger partial charge on any atom is 0.0121 e. The molecule has 78 valence electrons. The van der Waals surface area contributed by atoms with Crippen molar-refractivity contribution < 1.29 is 0 Å². The van der Waals surface area contributed by atoms with Crippen LogP contribution in [0.5, 0.6) is 0 Å². The summed E-state index contributed by atoms with van der Waals surface area (Å²) in [5.41, 5.74) is 0.795. The quantitative estimate of drug-likeness (QED) is 0.603. The fourth-order valence-corrected chi connectivity index (χ4v) is 2.59. The van der Waals surface area contributed by atoms with Crippen molar-refractivity contribution in [2.24, 2.45) is 11.3 Å². The van der Waals surface area contributed by atoms with Crippen molar-refractivity contribution in [3.8, 4) is 0 Å². The normalized spacial score (nSPS) is 30.5. The number of nitrogens with zero attached hydrogens (tertiary/aromatic N) is 1. The highest BCUT2D eigenvalue weighted by atomic mass is 15.2. The zero-order valence-electron chi connectivity index (χ0n) is 9.93. The predicted molar refractivity (Wildman–Crippen MR) is 58.9 cm³/mol. The minimum Gasteiger partial charge on any atom is -0.303 e. The van der Waals surface area contributed by atoms with Gasteiger partial charge < -0.3 is 4.90 Å². The Morgan fingerprint density at radius 1 is 1.23 bits per heavy atom. The third kappa shape index (κ3) is 2.25. The number of rotatable bonds is 1. The molecule has 2 rings (SSSR count). The van der Waals surface area contributed by atoms with E-state index in [4.69, 9.17) is 0 Å². The van der Waals surface area contributed by atoms with E-state index in [0.29, 0.717) is 0 Å². The molecule has 1 aliphatic heterocycles. The van der Waals surface area contributed by atoms with Crippen molar-refractivity contribution in [2.45, 2.75) is 53.0 Å². The number of hydrogen-bond acceptors (Lipinski definition) is 1. The van der Waals surface area contributed by atoms with Crippen LogP contribution in [-0.4, -0.2) is 24.5 Å². The van der Waals surface area contributed by atoms with Crippen LogP contribution in [-0.2, 0) is 0 Å². The SMILES string of the molecule is CC.CC(C)C1CC2(CC2)CN1C. The minimum absolute atomic E-state index is 0.795. The van der Waals surface area contributed by atoms with Crippen molar-refractivity contribution in [3.63, 3.8) is 0 Å². The summed E-state index contributed by atoms with van der Waals surface area (Å²) in [6.45, 7) is 10.1. The summed E-state index contributed by atoms with van der Waals surface area (Å²) in [6.07, 6.45) is 4.47. The Kier molecular flexibility index (Phi) is 3.39. The molecule has 2 fully saturated rings. The molecule has 0 aromatic heterocycles. The summed E-state index contributed by atoms with van der Waals surface area (Å²) >= 11 is 0. The molecule has 13 heavy (non-hydrogen) atoms. The topological polar surface area (TPSA) is 3.24 Å². The molecule has 0 aromatic rings. The summed E-state index contributed by atoms with van der Waals surface area (Å²) in [5.74, 6) is 0.847. The maximum atomic E-state index is 2.57. The lowest BCUT2D eigenvalue weighted by molar-refractivity contribution is 0.249. The lowest BCUT2D eigenvalue weighted by Gasteiger charge is -2.22. The van der Waals surface area contributed by atoms with Crippen LogP contribution in [0.25, 0.3) is 0 Å². The standard InChI is InChI=1S/C10H19N.C2H6/c1-8(2)9-6-10(4-5-10)7-11(9)3;1-2/h8-9H,4-7H2,1-3H3;1-2H3.